The molecular formula is C22H28N2. The summed E-state index contributed by atoms with van der Waals surface area (Å²) in [5, 5.41) is 0. The third-order valence-electron chi connectivity index (χ3n) is 6.29. The van der Waals surface area contributed by atoms with Crippen molar-refractivity contribution in [3.05, 3.63) is 46.3 Å². The van der Waals surface area contributed by atoms with Gasteiger partial charge in [-0.15, -0.1) is 0 Å². The third kappa shape index (κ3) is 2.22. The van der Waals surface area contributed by atoms with Crippen LogP contribution >= 0.6 is 0 Å². The lowest BCUT2D eigenvalue weighted by Gasteiger charge is -2.43. The first-order valence-corrected chi connectivity index (χ1v) is 9.41. The summed E-state index contributed by atoms with van der Waals surface area (Å²) in [6, 6.07) is 0. The van der Waals surface area contributed by atoms with Gasteiger partial charge < -0.3 is 0 Å². The molecule has 2 aliphatic carbocycles. The molecule has 2 aromatic rings. The van der Waals surface area contributed by atoms with Gasteiger partial charge in [0, 0.05) is 18.3 Å². The zero-order valence-corrected chi connectivity index (χ0v) is 15.6. The highest BCUT2D eigenvalue weighted by molar-refractivity contribution is 5.86. The first-order valence-electron chi connectivity index (χ1n) is 9.41. The maximum absolute atomic E-state index is 4.77. The molecule has 1 aromatic carbocycles. The van der Waals surface area contributed by atoms with Crippen molar-refractivity contribution in [2.24, 2.45) is 5.92 Å². The Labute approximate surface area is 145 Å². The predicted molar refractivity (Wildman–Crippen MR) is 101 cm³/mol. The fourth-order valence-corrected chi connectivity index (χ4v) is 5.31. The Balaban J connectivity index is 2.12. The van der Waals surface area contributed by atoms with Gasteiger partial charge in [-0.25, -0.2) is 0 Å². The molecule has 2 heteroatoms. The number of hydrogen-bond donors (Lipinski definition) is 0. The maximum Gasteiger partial charge on any atom is 0.0927 e. The number of nitrogens with zero attached hydrogens (tertiary/aromatic N) is 2. The highest BCUT2D eigenvalue weighted by Gasteiger charge is 2.39. The summed E-state index contributed by atoms with van der Waals surface area (Å²) in [5.41, 5.74) is 9.80. The molecule has 0 bridgehead atoms. The van der Waals surface area contributed by atoms with Crippen molar-refractivity contribution in [3.63, 3.8) is 0 Å². The molecule has 0 N–H and O–H groups in total. The van der Waals surface area contributed by atoms with Crippen LogP contribution in [0.15, 0.2) is 24.0 Å². The Morgan fingerprint density at radius 1 is 1.00 bits per heavy atom. The second-order valence-electron chi connectivity index (χ2n) is 8.27. The van der Waals surface area contributed by atoms with Crippen LogP contribution in [0.1, 0.15) is 87.0 Å². The van der Waals surface area contributed by atoms with E-state index in [0.717, 1.165) is 17.0 Å². The number of rotatable bonds is 1. The number of benzene rings is 1. The fourth-order valence-electron chi connectivity index (χ4n) is 5.31. The summed E-state index contributed by atoms with van der Waals surface area (Å²) in [6.45, 7) is 11.6. The molecule has 1 heterocycles. The van der Waals surface area contributed by atoms with Gasteiger partial charge in [-0.2, -0.15) is 0 Å². The van der Waals surface area contributed by atoms with Gasteiger partial charge in [0.25, 0.3) is 0 Å². The molecule has 0 amide bonds. The van der Waals surface area contributed by atoms with E-state index >= 15 is 0 Å². The normalized spacial score (nSPS) is 28.5. The predicted octanol–water partition coefficient (Wildman–Crippen LogP) is 6.01. The number of fused-ring (bicyclic) bond motifs is 2. The van der Waals surface area contributed by atoms with Gasteiger partial charge in [0.15, 0.2) is 0 Å². The Morgan fingerprint density at radius 3 is 2.42 bits per heavy atom. The quantitative estimate of drug-likeness (QED) is 0.601. The van der Waals surface area contributed by atoms with Crippen molar-refractivity contribution in [2.75, 3.05) is 0 Å². The summed E-state index contributed by atoms with van der Waals surface area (Å²) in [5.74, 6) is 2.58. The Bertz CT molecular complexity index is 829. The first-order chi connectivity index (χ1) is 11.5. The first kappa shape index (κ1) is 15.8. The molecule has 4 rings (SSSR count). The molecule has 0 spiro atoms. The fraction of sp³-hybridized carbons (Fsp3) is 0.545. The van der Waals surface area contributed by atoms with E-state index in [1.54, 1.807) is 11.1 Å². The number of aromatic nitrogens is 2. The smallest absolute Gasteiger partial charge is 0.0927 e. The molecule has 2 nitrogen and oxygen atoms in total. The highest BCUT2D eigenvalue weighted by atomic mass is 14.8. The number of aryl methyl sites for hydroxylation is 1. The van der Waals surface area contributed by atoms with E-state index in [9.17, 15) is 0 Å². The maximum atomic E-state index is 4.77. The van der Waals surface area contributed by atoms with Crippen LogP contribution < -0.4 is 0 Å². The molecule has 0 saturated heterocycles. The van der Waals surface area contributed by atoms with Gasteiger partial charge in [0.05, 0.1) is 11.0 Å². The molecule has 2 aliphatic rings. The minimum Gasteiger partial charge on any atom is -0.253 e. The van der Waals surface area contributed by atoms with Gasteiger partial charge in [0.1, 0.15) is 0 Å². The van der Waals surface area contributed by atoms with Gasteiger partial charge in [0.2, 0.25) is 0 Å². The lowest BCUT2D eigenvalue weighted by Crippen LogP contribution is -2.28. The van der Waals surface area contributed by atoms with Crippen LogP contribution in [0.3, 0.4) is 0 Å². The van der Waals surface area contributed by atoms with Crippen molar-refractivity contribution < 1.29 is 0 Å². The van der Waals surface area contributed by atoms with E-state index in [-0.39, 0.29) is 0 Å². The van der Waals surface area contributed by atoms with Crippen LogP contribution in [0.5, 0.6) is 0 Å². The van der Waals surface area contributed by atoms with E-state index in [2.05, 4.69) is 40.7 Å². The van der Waals surface area contributed by atoms with E-state index in [1.165, 1.54) is 36.0 Å². The van der Waals surface area contributed by atoms with Crippen LogP contribution in [-0.2, 0) is 0 Å². The van der Waals surface area contributed by atoms with Crippen LogP contribution in [0.4, 0.5) is 0 Å². The molecule has 4 atom stereocenters. The zero-order valence-electron chi connectivity index (χ0n) is 15.6. The zero-order chi connectivity index (χ0) is 17.0. The molecule has 0 fully saturated rings. The minimum absolute atomic E-state index is 0.534. The van der Waals surface area contributed by atoms with Crippen molar-refractivity contribution >= 4 is 11.0 Å². The monoisotopic (exact) mass is 320 g/mol. The molecule has 24 heavy (non-hydrogen) atoms. The molecule has 0 aliphatic heterocycles. The second-order valence-corrected chi connectivity index (χ2v) is 8.27. The minimum atomic E-state index is 0.534. The van der Waals surface area contributed by atoms with E-state index < -0.39 is 0 Å². The molecule has 1 aromatic heterocycles. The summed E-state index contributed by atoms with van der Waals surface area (Å²) >= 11 is 0. The highest BCUT2D eigenvalue weighted by Crippen LogP contribution is 2.54. The van der Waals surface area contributed by atoms with Crippen molar-refractivity contribution in [3.8, 4) is 0 Å². The molecule has 126 valence electrons. The summed E-state index contributed by atoms with van der Waals surface area (Å²) in [7, 11) is 0. The summed E-state index contributed by atoms with van der Waals surface area (Å²) in [4.78, 5) is 9.50. The van der Waals surface area contributed by atoms with Crippen molar-refractivity contribution in [1.29, 1.82) is 0 Å². The van der Waals surface area contributed by atoms with E-state index in [4.69, 9.17) is 9.97 Å². The lowest BCUT2D eigenvalue weighted by molar-refractivity contribution is 0.333. The van der Waals surface area contributed by atoms with Gasteiger partial charge in [-0.05, 0) is 80.0 Å². The lowest BCUT2D eigenvalue weighted by atomic mass is 9.62. The largest absolute Gasteiger partial charge is 0.253 e. The van der Waals surface area contributed by atoms with Crippen LogP contribution in [0.25, 0.3) is 11.0 Å². The molecular weight excluding hydrogens is 292 g/mol. The molecule has 0 radical (unpaired) electrons. The average molecular weight is 320 g/mol. The molecule has 0 unspecified atom stereocenters. The van der Waals surface area contributed by atoms with E-state index in [0.29, 0.717) is 17.8 Å². The Kier molecular flexibility index (Phi) is 3.74. The topological polar surface area (TPSA) is 25.8 Å². The van der Waals surface area contributed by atoms with Gasteiger partial charge in [-0.1, -0.05) is 25.5 Å². The van der Waals surface area contributed by atoms with Crippen LogP contribution in [0.2, 0.25) is 0 Å². The third-order valence-corrected chi connectivity index (χ3v) is 6.29. The second kappa shape index (κ2) is 5.68. The number of allylic oxidation sites excluding steroid dienone is 2. The van der Waals surface area contributed by atoms with Crippen molar-refractivity contribution in [2.45, 2.75) is 71.6 Å². The Hall–Kier alpha value is -1.70. The van der Waals surface area contributed by atoms with Crippen LogP contribution in [0, 0.1) is 12.8 Å². The Morgan fingerprint density at radius 2 is 1.71 bits per heavy atom. The van der Waals surface area contributed by atoms with Crippen LogP contribution in [-0.4, -0.2) is 9.97 Å². The average Bonchev–Trinajstić information content (AvgIpc) is 2.53. The standard InChI is InChI=1S/C22H28N2/c1-12(2)10-16-11-14(4)17-7-6-13(3)18-20(17)19(16)15(5)21-22(18)24-9-8-23-21/h8-10,13-14,16-17H,6-7,11H2,1-5H3/t13-,14-,16+,17+/m0/s1. The SMILES string of the molecule is CC(C)=C[C@@H]1C[C@H](C)[C@H]2CC[C@H](C)c3c2c1c(C)c1nccnc31. The van der Waals surface area contributed by atoms with Gasteiger partial charge >= 0.3 is 0 Å². The van der Waals surface area contributed by atoms with E-state index in [1.807, 2.05) is 12.4 Å². The van der Waals surface area contributed by atoms with Crippen molar-refractivity contribution in [1.82, 2.24) is 9.97 Å². The molecule has 0 saturated carbocycles. The summed E-state index contributed by atoms with van der Waals surface area (Å²) < 4.78 is 0. The van der Waals surface area contributed by atoms with Gasteiger partial charge in [-0.3, -0.25) is 9.97 Å². The summed E-state index contributed by atoms with van der Waals surface area (Å²) in [6.07, 6.45) is 10.1. The number of hydrogen-bond acceptors (Lipinski definition) is 2.